The van der Waals surface area contributed by atoms with Gasteiger partial charge in [0.25, 0.3) is 0 Å². The van der Waals surface area contributed by atoms with Crippen molar-refractivity contribution in [3.8, 4) is 0 Å². The van der Waals surface area contributed by atoms with E-state index in [-0.39, 0.29) is 13.0 Å². The number of aliphatic carboxylic acids is 1. The number of halogens is 3. The summed E-state index contributed by atoms with van der Waals surface area (Å²) in [6.45, 7) is 1.03. The molecule has 1 N–H and O–H groups in total. The molecule has 0 bridgehead atoms. The second-order valence-electron chi connectivity index (χ2n) is 5.93. The highest BCUT2D eigenvalue weighted by Gasteiger charge is 2.30. The van der Waals surface area contributed by atoms with Gasteiger partial charge in [-0.2, -0.15) is 18.2 Å². The molecule has 10 heteroatoms. The summed E-state index contributed by atoms with van der Waals surface area (Å²) in [7, 11) is 0. The molecule has 27 heavy (non-hydrogen) atoms. The van der Waals surface area contributed by atoms with E-state index in [2.05, 4.69) is 10.1 Å². The maximum atomic E-state index is 12.6. The summed E-state index contributed by atoms with van der Waals surface area (Å²) in [4.78, 5) is 28.4. The molecule has 1 heterocycles. The van der Waals surface area contributed by atoms with Crippen molar-refractivity contribution in [2.75, 3.05) is 6.54 Å². The number of carbonyl (C=O) groups excluding carboxylic acids is 1. The number of nitrogens with zero attached hydrogens (tertiary/aromatic N) is 3. The van der Waals surface area contributed by atoms with Crippen molar-refractivity contribution in [1.29, 1.82) is 0 Å². The van der Waals surface area contributed by atoms with Gasteiger partial charge in [-0.1, -0.05) is 17.3 Å². The van der Waals surface area contributed by atoms with Gasteiger partial charge in [0.2, 0.25) is 11.8 Å². The topological polar surface area (TPSA) is 96.5 Å². The molecule has 1 amide bonds. The first-order valence-corrected chi connectivity index (χ1v) is 8.10. The van der Waals surface area contributed by atoms with Crippen LogP contribution in [0.25, 0.3) is 0 Å². The minimum atomic E-state index is -4.46. The van der Waals surface area contributed by atoms with Crippen molar-refractivity contribution in [2.45, 2.75) is 38.9 Å². The van der Waals surface area contributed by atoms with Gasteiger partial charge in [0.05, 0.1) is 5.56 Å². The molecule has 7 nitrogen and oxygen atoms in total. The molecular weight excluding hydrogens is 367 g/mol. The molecule has 1 aromatic heterocycles. The van der Waals surface area contributed by atoms with Gasteiger partial charge in [0.15, 0.2) is 5.82 Å². The van der Waals surface area contributed by atoms with Gasteiger partial charge >= 0.3 is 12.1 Å². The molecule has 0 aliphatic heterocycles. The van der Waals surface area contributed by atoms with Crippen LogP contribution in [0.4, 0.5) is 13.2 Å². The lowest BCUT2D eigenvalue weighted by Crippen LogP contribution is -2.35. The minimum Gasteiger partial charge on any atom is -0.480 e. The molecule has 0 unspecified atom stereocenters. The predicted molar refractivity (Wildman–Crippen MR) is 86.5 cm³/mol. The SMILES string of the molecule is Cc1noc(CCCC(=O)N(CC(=O)O)Cc2ccc(C(F)(F)F)cc2)n1. The van der Waals surface area contributed by atoms with Crippen molar-refractivity contribution in [3.05, 3.63) is 47.1 Å². The van der Waals surface area contributed by atoms with Crippen LogP contribution in [0, 0.1) is 6.92 Å². The zero-order valence-electron chi connectivity index (χ0n) is 14.5. The van der Waals surface area contributed by atoms with Crippen LogP contribution in [0.1, 0.15) is 35.7 Å². The van der Waals surface area contributed by atoms with Crippen molar-refractivity contribution in [3.63, 3.8) is 0 Å². The molecule has 0 aliphatic rings. The van der Waals surface area contributed by atoms with E-state index in [0.29, 0.717) is 30.1 Å². The number of carboxylic acids is 1. The average molecular weight is 385 g/mol. The zero-order valence-corrected chi connectivity index (χ0v) is 14.5. The molecule has 2 aromatic rings. The van der Waals surface area contributed by atoms with E-state index in [1.807, 2.05) is 0 Å². The standard InChI is InChI=1S/C17H18F3N3O4/c1-11-21-14(27-22-11)3-2-4-15(24)23(10-16(25)26)9-12-5-7-13(8-6-12)17(18,19)20/h5-8H,2-4,9-10H2,1H3,(H,25,26). The molecular formula is C17H18F3N3O4. The maximum absolute atomic E-state index is 12.6. The average Bonchev–Trinajstić information content (AvgIpc) is 2.98. The highest BCUT2D eigenvalue weighted by molar-refractivity contribution is 5.81. The second kappa shape index (κ2) is 8.65. The molecule has 2 rings (SSSR count). The molecule has 146 valence electrons. The number of aromatic nitrogens is 2. The number of aryl methyl sites for hydroxylation is 2. The number of rotatable bonds is 8. The van der Waals surface area contributed by atoms with Crippen LogP contribution in [-0.4, -0.2) is 38.6 Å². The number of carboxylic acid groups (broad SMARTS) is 1. The summed E-state index contributed by atoms with van der Waals surface area (Å²) in [5.41, 5.74) is -0.401. The normalized spacial score (nSPS) is 11.4. The molecule has 0 fully saturated rings. The number of carbonyl (C=O) groups is 2. The van der Waals surface area contributed by atoms with E-state index >= 15 is 0 Å². The lowest BCUT2D eigenvalue weighted by Gasteiger charge is -2.21. The van der Waals surface area contributed by atoms with Crippen molar-refractivity contribution in [2.24, 2.45) is 0 Å². The number of hydrogen-bond acceptors (Lipinski definition) is 5. The van der Waals surface area contributed by atoms with E-state index in [4.69, 9.17) is 9.63 Å². The van der Waals surface area contributed by atoms with E-state index in [0.717, 1.165) is 17.0 Å². The smallest absolute Gasteiger partial charge is 0.416 e. The van der Waals surface area contributed by atoms with Crippen LogP contribution in [0.3, 0.4) is 0 Å². The lowest BCUT2D eigenvalue weighted by atomic mass is 10.1. The first-order chi connectivity index (χ1) is 12.6. The predicted octanol–water partition coefficient (Wildman–Crippen LogP) is 2.83. The Labute approximate surface area is 152 Å². The van der Waals surface area contributed by atoms with Crippen LogP contribution in [0.5, 0.6) is 0 Å². The third-order valence-electron chi connectivity index (χ3n) is 3.68. The Bertz CT molecular complexity index is 787. The Balaban J connectivity index is 1.96. The first-order valence-electron chi connectivity index (χ1n) is 8.10. The molecule has 0 spiro atoms. The van der Waals surface area contributed by atoms with E-state index in [1.165, 1.54) is 12.1 Å². The van der Waals surface area contributed by atoms with E-state index < -0.39 is 30.2 Å². The molecule has 0 radical (unpaired) electrons. The summed E-state index contributed by atoms with van der Waals surface area (Å²) in [6, 6.07) is 4.26. The highest BCUT2D eigenvalue weighted by atomic mass is 19.4. The van der Waals surface area contributed by atoms with Gasteiger partial charge in [-0.15, -0.1) is 0 Å². The van der Waals surface area contributed by atoms with Gasteiger partial charge in [0.1, 0.15) is 6.54 Å². The molecule has 1 aromatic carbocycles. The molecule has 0 atom stereocenters. The highest BCUT2D eigenvalue weighted by Crippen LogP contribution is 2.29. The second-order valence-corrected chi connectivity index (χ2v) is 5.93. The van der Waals surface area contributed by atoms with Crippen molar-refractivity contribution < 1.29 is 32.4 Å². The van der Waals surface area contributed by atoms with Crippen LogP contribution in [-0.2, 0) is 28.7 Å². The Morgan fingerprint density at radius 3 is 2.41 bits per heavy atom. The summed E-state index contributed by atoms with van der Waals surface area (Å²) >= 11 is 0. The number of alkyl halides is 3. The van der Waals surface area contributed by atoms with Gasteiger partial charge in [0, 0.05) is 19.4 Å². The van der Waals surface area contributed by atoms with Gasteiger partial charge in [-0.05, 0) is 31.0 Å². The summed E-state index contributed by atoms with van der Waals surface area (Å²) in [6.07, 6.45) is -3.66. The first kappa shape index (κ1) is 20.4. The van der Waals surface area contributed by atoms with Gasteiger partial charge in [-0.25, -0.2) is 0 Å². The van der Waals surface area contributed by atoms with Gasteiger partial charge < -0.3 is 14.5 Å². The minimum absolute atomic E-state index is 0.0509. The summed E-state index contributed by atoms with van der Waals surface area (Å²) in [5, 5.41) is 12.6. The monoisotopic (exact) mass is 385 g/mol. The largest absolute Gasteiger partial charge is 0.480 e. The fourth-order valence-corrected chi connectivity index (χ4v) is 2.41. The lowest BCUT2D eigenvalue weighted by molar-refractivity contribution is -0.145. The zero-order chi connectivity index (χ0) is 20.0. The molecule has 0 aliphatic carbocycles. The Hall–Kier alpha value is -2.91. The van der Waals surface area contributed by atoms with Crippen LogP contribution >= 0.6 is 0 Å². The van der Waals surface area contributed by atoms with Crippen LogP contribution < -0.4 is 0 Å². The third kappa shape index (κ3) is 6.39. The van der Waals surface area contributed by atoms with E-state index in [1.54, 1.807) is 6.92 Å². The number of amides is 1. The Morgan fingerprint density at radius 1 is 1.22 bits per heavy atom. The van der Waals surface area contributed by atoms with Crippen LogP contribution in [0.2, 0.25) is 0 Å². The quantitative estimate of drug-likeness (QED) is 0.751. The number of benzene rings is 1. The summed E-state index contributed by atoms with van der Waals surface area (Å²) < 4.78 is 42.7. The molecule has 0 saturated heterocycles. The van der Waals surface area contributed by atoms with Gasteiger partial charge in [-0.3, -0.25) is 9.59 Å². The maximum Gasteiger partial charge on any atom is 0.416 e. The fourth-order valence-electron chi connectivity index (χ4n) is 2.41. The summed E-state index contributed by atoms with van der Waals surface area (Å²) in [5.74, 6) is -0.768. The Kier molecular flexibility index (Phi) is 6.54. The van der Waals surface area contributed by atoms with Crippen LogP contribution in [0.15, 0.2) is 28.8 Å². The third-order valence-corrected chi connectivity index (χ3v) is 3.68. The molecule has 0 saturated carbocycles. The fraction of sp³-hybridized carbons (Fsp3) is 0.412. The number of hydrogen-bond donors (Lipinski definition) is 1. The Morgan fingerprint density at radius 2 is 1.89 bits per heavy atom. The van der Waals surface area contributed by atoms with Crippen molar-refractivity contribution >= 4 is 11.9 Å². The van der Waals surface area contributed by atoms with E-state index in [9.17, 15) is 22.8 Å². The van der Waals surface area contributed by atoms with Crippen molar-refractivity contribution in [1.82, 2.24) is 15.0 Å².